The Labute approximate surface area is 128 Å². The van der Waals surface area contributed by atoms with E-state index in [1.54, 1.807) is 36.5 Å². The van der Waals surface area contributed by atoms with Gasteiger partial charge in [-0.15, -0.1) is 0 Å². The third kappa shape index (κ3) is 4.06. The van der Waals surface area contributed by atoms with Gasteiger partial charge in [-0.25, -0.2) is 0 Å². The number of halogens is 1. The quantitative estimate of drug-likeness (QED) is 0.838. The first-order valence-electron chi connectivity index (χ1n) is 6.32. The standard InChI is InChI=1S/C16H14ClN3O/c1-11-9-13(6-8-19-11)16(21)20-15-5-4-14(17)10-12(15)3-2-7-18/h4-6,8-10H,7,18H2,1H3,(H,20,21). The van der Waals surface area contributed by atoms with Crippen LogP contribution in [0.3, 0.4) is 0 Å². The second-order valence-electron chi connectivity index (χ2n) is 4.34. The largest absolute Gasteiger partial charge is 0.321 e. The van der Waals surface area contributed by atoms with Crippen LogP contribution < -0.4 is 11.1 Å². The Morgan fingerprint density at radius 1 is 1.38 bits per heavy atom. The minimum absolute atomic E-state index is 0.223. The summed E-state index contributed by atoms with van der Waals surface area (Å²) < 4.78 is 0. The lowest BCUT2D eigenvalue weighted by molar-refractivity contribution is 0.102. The molecule has 0 radical (unpaired) electrons. The number of aromatic nitrogens is 1. The molecule has 0 fully saturated rings. The second kappa shape index (κ2) is 6.89. The first kappa shape index (κ1) is 15.0. The third-order valence-corrected chi connectivity index (χ3v) is 2.95. The number of carbonyl (C=O) groups is 1. The highest BCUT2D eigenvalue weighted by Gasteiger charge is 2.09. The highest BCUT2D eigenvalue weighted by molar-refractivity contribution is 6.30. The lowest BCUT2D eigenvalue weighted by Crippen LogP contribution is -2.13. The van der Waals surface area contributed by atoms with Gasteiger partial charge in [0, 0.05) is 28.0 Å². The van der Waals surface area contributed by atoms with Crippen LogP contribution in [0.25, 0.3) is 0 Å². The van der Waals surface area contributed by atoms with Gasteiger partial charge < -0.3 is 11.1 Å². The van der Waals surface area contributed by atoms with E-state index in [9.17, 15) is 4.79 Å². The number of aryl methyl sites for hydroxylation is 1. The van der Waals surface area contributed by atoms with Crippen LogP contribution in [0.2, 0.25) is 5.02 Å². The third-order valence-electron chi connectivity index (χ3n) is 2.71. The molecule has 1 aromatic carbocycles. The highest BCUT2D eigenvalue weighted by Crippen LogP contribution is 2.20. The summed E-state index contributed by atoms with van der Waals surface area (Å²) in [7, 11) is 0. The van der Waals surface area contributed by atoms with E-state index < -0.39 is 0 Å². The average molecular weight is 300 g/mol. The Morgan fingerprint density at radius 3 is 2.90 bits per heavy atom. The van der Waals surface area contributed by atoms with Crippen molar-refractivity contribution in [2.75, 3.05) is 11.9 Å². The van der Waals surface area contributed by atoms with Gasteiger partial charge >= 0.3 is 0 Å². The number of nitrogens with zero attached hydrogens (tertiary/aromatic N) is 1. The first-order chi connectivity index (χ1) is 10.1. The van der Waals surface area contributed by atoms with Gasteiger partial charge in [0.15, 0.2) is 0 Å². The van der Waals surface area contributed by atoms with Crippen molar-refractivity contribution >= 4 is 23.2 Å². The molecule has 106 valence electrons. The highest BCUT2D eigenvalue weighted by atomic mass is 35.5. The summed E-state index contributed by atoms with van der Waals surface area (Å²) in [6.45, 7) is 2.07. The molecule has 1 heterocycles. The van der Waals surface area contributed by atoms with Gasteiger partial charge in [-0.05, 0) is 37.3 Å². The van der Waals surface area contributed by atoms with Crippen LogP contribution in [0.15, 0.2) is 36.5 Å². The summed E-state index contributed by atoms with van der Waals surface area (Å²) in [5.74, 6) is 5.42. The van der Waals surface area contributed by atoms with Crippen molar-refractivity contribution in [2.45, 2.75) is 6.92 Å². The molecule has 0 atom stereocenters. The Bertz CT molecular complexity index is 732. The summed E-state index contributed by atoms with van der Waals surface area (Å²) in [6.07, 6.45) is 1.60. The molecule has 0 saturated heterocycles. The maximum Gasteiger partial charge on any atom is 0.255 e. The van der Waals surface area contributed by atoms with Crippen molar-refractivity contribution in [3.63, 3.8) is 0 Å². The maximum absolute atomic E-state index is 12.2. The normalized spacial score (nSPS) is 9.67. The number of hydrogen-bond donors (Lipinski definition) is 2. The number of rotatable bonds is 2. The molecule has 1 aromatic heterocycles. The van der Waals surface area contributed by atoms with Gasteiger partial charge in [0.25, 0.3) is 5.91 Å². The Balaban J connectivity index is 2.29. The zero-order chi connectivity index (χ0) is 15.2. The molecule has 3 N–H and O–H groups in total. The van der Waals surface area contributed by atoms with E-state index in [0.29, 0.717) is 21.8 Å². The average Bonchev–Trinajstić information content (AvgIpc) is 2.47. The molecule has 0 saturated carbocycles. The summed E-state index contributed by atoms with van der Waals surface area (Å²) in [4.78, 5) is 16.3. The summed E-state index contributed by atoms with van der Waals surface area (Å²) in [5.41, 5.74) is 7.92. The smallest absolute Gasteiger partial charge is 0.255 e. The van der Waals surface area contributed by atoms with Crippen molar-refractivity contribution in [2.24, 2.45) is 5.73 Å². The van der Waals surface area contributed by atoms with E-state index in [-0.39, 0.29) is 12.5 Å². The fourth-order valence-corrected chi connectivity index (χ4v) is 1.93. The monoisotopic (exact) mass is 299 g/mol. The summed E-state index contributed by atoms with van der Waals surface area (Å²) in [5, 5.41) is 3.37. The van der Waals surface area contributed by atoms with Gasteiger partial charge in [0.1, 0.15) is 0 Å². The number of nitrogens with one attached hydrogen (secondary N) is 1. The van der Waals surface area contributed by atoms with Gasteiger partial charge in [-0.2, -0.15) is 0 Å². The predicted octanol–water partition coefficient (Wildman–Crippen LogP) is 2.61. The van der Waals surface area contributed by atoms with E-state index in [4.69, 9.17) is 17.3 Å². The molecule has 2 aromatic rings. The number of carbonyl (C=O) groups excluding carboxylic acids is 1. The molecular formula is C16H14ClN3O. The SMILES string of the molecule is Cc1cc(C(=O)Nc2ccc(Cl)cc2C#CCN)ccn1. The lowest BCUT2D eigenvalue weighted by atomic mass is 10.1. The number of anilines is 1. The molecule has 4 nitrogen and oxygen atoms in total. The molecule has 0 unspecified atom stereocenters. The van der Waals surface area contributed by atoms with Gasteiger partial charge in [0.05, 0.1) is 12.2 Å². The number of pyridine rings is 1. The molecule has 2 rings (SSSR count). The minimum Gasteiger partial charge on any atom is -0.321 e. The van der Waals surface area contributed by atoms with Crippen molar-refractivity contribution in [1.82, 2.24) is 4.98 Å². The van der Waals surface area contributed by atoms with Crippen LogP contribution in [0.4, 0.5) is 5.69 Å². The topological polar surface area (TPSA) is 68.0 Å². The van der Waals surface area contributed by atoms with E-state index in [1.165, 1.54) is 0 Å². The first-order valence-corrected chi connectivity index (χ1v) is 6.70. The molecule has 0 aliphatic carbocycles. The van der Waals surface area contributed by atoms with Crippen LogP contribution in [0.5, 0.6) is 0 Å². The number of benzene rings is 1. The summed E-state index contributed by atoms with van der Waals surface area (Å²) >= 11 is 5.95. The molecule has 0 aliphatic heterocycles. The van der Waals surface area contributed by atoms with E-state index in [0.717, 1.165) is 5.69 Å². The molecule has 0 aliphatic rings. The molecule has 0 spiro atoms. The van der Waals surface area contributed by atoms with Crippen LogP contribution >= 0.6 is 11.6 Å². The zero-order valence-corrected chi connectivity index (χ0v) is 12.2. The van der Waals surface area contributed by atoms with Gasteiger partial charge in [0.2, 0.25) is 0 Å². The van der Waals surface area contributed by atoms with Crippen LogP contribution in [-0.4, -0.2) is 17.4 Å². The van der Waals surface area contributed by atoms with Gasteiger partial charge in [-0.1, -0.05) is 23.4 Å². The minimum atomic E-state index is -0.223. The van der Waals surface area contributed by atoms with Crippen molar-refractivity contribution in [3.05, 3.63) is 58.4 Å². The van der Waals surface area contributed by atoms with Gasteiger partial charge in [-0.3, -0.25) is 9.78 Å². The Kier molecular flexibility index (Phi) is 4.94. The van der Waals surface area contributed by atoms with Crippen LogP contribution in [0, 0.1) is 18.8 Å². The van der Waals surface area contributed by atoms with Crippen LogP contribution in [-0.2, 0) is 0 Å². The fourth-order valence-electron chi connectivity index (χ4n) is 1.76. The van der Waals surface area contributed by atoms with Crippen molar-refractivity contribution in [1.29, 1.82) is 0 Å². The van der Waals surface area contributed by atoms with Crippen LogP contribution in [0.1, 0.15) is 21.6 Å². The summed E-state index contributed by atoms with van der Waals surface area (Å²) in [6, 6.07) is 8.48. The van der Waals surface area contributed by atoms with E-state index in [1.807, 2.05) is 6.92 Å². The molecule has 0 bridgehead atoms. The molecule has 5 heteroatoms. The predicted molar refractivity (Wildman–Crippen MR) is 84.3 cm³/mol. The molecule has 21 heavy (non-hydrogen) atoms. The fraction of sp³-hybridized carbons (Fsp3) is 0.125. The van der Waals surface area contributed by atoms with Crippen molar-refractivity contribution in [3.8, 4) is 11.8 Å². The Morgan fingerprint density at radius 2 is 2.19 bits per heavy atom. The maximum atomic E-state index is 12.2. The van der Waals surface area contributed by atoms with Crippen molar-refractivity contribution < 1.29 is 4.79 Å². The van der Waals surface area contributed by atoms with E-state index >= 15 is 0 Å². The number of hydrogen-bond acceptors (Lipinski definition) is 3. The van der Waals surface area contributed by atoms with E-state index in [2.05, 4.69) is 22.1 Å². The molecular weight excluding hydrogens is 286 g/mol. The second-order valence-corrected chi connectivity index (χ2v) is 4.77. The Hall–Kier alpha value is -2.35. The number of amides is 1. The number of nitrogens with two attached hydrogens (primary N) is 1. The zero-order valence-electron chi connectivity index (χ0n) is 11.5. The molecule has 1 amide bonds. The lowest BCUT2D eigenvalue weighted by Gasteiger charge is -2.08.